The van der Waals surface area contributed by atoms with Crippen LogP contribution in [0.3, 0.4) is 0 Å². The van der Waals surface area contributed by atoms with Gasteiger partial charge in [-0.25, -0.2) is 17.6 Å². The number of hydrogen-bond donors (Lipinski definition) is 1. The highest BCUT2D eigenvalue weighted by atomic mass is 19.2. The third-order valence-electron chi connectivity index (χ3n) is 2.02. The van der Waals surface area contributed by atoms with Gasteiger partial charge in [0.25, 0.3) is 0 Å². The fraction of sp³-hybridized carbons (Fsp3) is 0.250. The summed E-state index contributed by atoms with van der Waals surface area (Å²) in [6.07, 6.45) is -2.43. The van der Waals surface area contributed by atoms with E-state index in [-0.39, 0.29) is 11.1 Å². The first kappa shape index (κ1) is 8.34. The van der Waals surface area contributed by atoms with Gasteiger partial charge in [-0.05, 0) is 0 Å². The fourth-order valence-corrected chi connectivity index (χ4v) is 1.33. The van der Waals surface area contributed by atoms with E-state index < -0.39 is 24.0 Å². The molecule has 0 aliphatic heterocycles. The van der Waals surface area contributed by atoms with Crippen LogP contribution in [0.2, 0.25) is 0 Å². The summed E-state index contributed by atoms with van der Waals surface area (Å²) in [5.74, 6) is -2.99. The number of alkyl halides is 2. The summed E-state index contributed by atoms with van der Waals surface area (Å²) in [6, 6.07) is 0. The largest absolute Gasteiger partial charge is 0.367 e. The maximum absolute atomic E-state index is 13.0. The molecule has 0 saturated carbocycles. The van der Waals surface area contributed by atoms with Crippen molar-refractivity contribution < 1.29 is 17.6 Å². The van der Waals surface area contributed by atoms with Crippen molar-refractivity contribution in [3.05, 3.63) is 29.3 Å². The number of aromatic amines is 1. The zero-order chi connectivity index (χ0) is 9.59. The van der Waals surface area contributed by atoms with Crippen LogP contribution in [0.1, 0.15) is 17.3 Å². The second kappa shape index (κ2) is 2.61. The van der Waals surface area contributed by atoms with Gasteiger partial charge in [-0.3, -0.25) is 0 Å². The van der Waals surface area contributed by atoms with Gasteiger partial charge in [0, 0.05) is 23.5 Å². The van der Waals surface area contributed by atoms with Crippen molar-refractivity contribution in [3.63, 3.8) is 0 Å². The smallest absolute Gasteiger partial charge is 0.190 e. The van der Waals surface area contributed by atoms with Crippen LogP contribution in [0, 0.1) is 0 Å². The number of rotatable bonds is 0. The number of nitrogens with one attached hydrogen (secondary N) is 1. The van der Waals surface area contributed by atoms with Crippen LogP contribution < -0.4 is 0 Å². The topological polar surface area (TPSA) is 15.8 Å². The molecule has 1 aromatic rings. The van der Waals surface area contributed by atoms with E-state index in [1.54, 1.807) is 0 Å². The van der Waals surface area contributed by atoms with Gasteiger partial charge >= 0.3 is 0 Å². The molecule has 2 rings (SSSR count). The molecular weight excluding hydrogens is 186 g/mol. The van der Waals surface area contributed by atoms with Gasteiger partial charge in [0.1, 0.15) is 0 Å². The molecule has 0 radical (unpaired) electrons. The van der Waals surface area contributed by atoms with Crippen LogP contribution in [-0.4, -0.2) is 11.2 Å². The zero-order valence-corrected chi connectivity index (χ0v) is 6.32. The van der Waals surface area contributed by atoms with E-state index in [1.807, 2.05) is 0 Å². The molecule has 0 aromatic carbocycles. The molecule has 0 fully saturated rings. The molecule has 5 heteroatoms. The number of hydrogen-bond acceptors (Lipinski definition) is 0. The number of H-pyrrole nitrogens is 1. The van der Waals surface area contributed by atoms with E-state index in [4.69, 9.17) is 0 Å². The summed E-state index contributed by atoms with van der Waals surface area (Å²) in [6.45, 7) is 0. The number of fused-ring (bicyclic) bond motifs is 1. The average Bonchev–Trinajstić information content (AvgIpc) is 2.59. The van der Waals surface area contributed by atoms with Crippen molar-refractivity contribution in [2.24, 2.45) is 0 Å². The molecule has 1 aromatic heterocycles. The lowest BCUT2D eigenvalue weighted by atomic mass is 9.97. The summed E-state index contributed by atoms with van der Waals surface area (Å²) in [7, 11) is 0. The van der Waals surface area contributed by atoms with Crippen LogP contribution in [0.4, 0.5) is 17.6 Å². The second-order valence-electron chi connectivity index (χ2n) is 2.79. The van der Waals surface area contributed by atoms with Crippen LogP contribution in [0.25, 0.3) is 5.83 Å². The Bertz CT molecular complexity index is 368. The Hall–Kier alpha value is -1.26. The lowest BCUT2D eigenvalue weighted by Crippen LogP contribution is -2.16. The first-order valence-corrected chi connectivity index (χ1v) is 3.63. The van der Waals surface area contributed by atoms with E-state index in [2.05, 4.69) is 4.98 Å². The highest BCUT2D eigenvalue weighted by molar-refractivity contribution is 5.67. The van der Waals surface area contributed by atoms with Gasteiger partial charge in [-0.2, -0.15) is 0 Å². The summed E-state index contributed by atoms with van der Waals surface area (Å²) in [5, 5.41) is 0. The van der Waals surface area contributed by atoms with Crippen LogP contribution in [0.5, 0.6) is 0 Å². The SMILES string of the molecule is FC1=C(F)C(F)C(F)c2c[nH]cc21. The van der Waals surface area contributed by atoms with Gasteiger partial charge in [0.2, 0.25) is 0 Å². The minimum Gasteiger partial charge on any atom is -0.367 e. The zero-order valence-electron chi connectivity index (χ0n) is 6.32. The number of halogens is 4. The first-order valence-electron chi connectivity index (χ1n) is 3.63. The third kappa shape index (κ3) is 0.993. The lowest BCUT2D eigenvalue weighted by molar-refractivity contribution is 0.169. The van der Waals surface area contributed by atoms with Gasteiger partial charge < -0.3 is 4.98 Å². The van der Waals surface area contributed by atoms with E-state index in [0.717, 1.165) is 12.4 Å². The van der Waals surface area contributed by atoms with Crippen molar-refractivity contribution in [2.45, 2.75) is 12.3 Å². The van der Waals surface area contributed by atoms with Crippen molar-refractivity contribution >= 4 is 5.83 Å². The van der Waals surface area contributed by atoms with Crippen LogP contribution >= 0.6 is 0 Å². The maximum Gasteiger partial charge on any atom is 0.190 e. The third-order valence-corrected chi connectivity index (χ3v) is 2.02. The summed E-state index contributed by atoms with van der Waals surface area (Å²) in [5.41, 5.74) is -0.412. The molecule has 0 saturated heterocycles. The van der Waals surface area contributed by atoms with Gasteiger partial charge in [-0.1, -0.05) is 0 Å². The standard InChI is InChI=1S/C8H5F4N/c9-5-3-1-13-2-4(3)6(10)8(12)7(5)11/h1-2,5,7,13H. The quantitative estimate of drug-likeness (QED) is 0.606. The fourth-order valence-electron chi connectivity index (χ4n) is 1.33. The molecule has 1 N–H and O–H groups in total. The van der Waals surface area contributed by atoms with E-state index in [9.17, 15) is 17.6 Å². The highest BCUT2D eigenvalue weighted by Crippen LogP contribution is 2.42. The molecule has 1 aliphatic rings. The molecule has 2 unspecified atom stereocenters. The summed E-state index contributed by atoms with van der Waals surface area (Å²) < 4.78 is 51.3. The molecule has 0 spiro atoms. The average molecular weight is 191 g/mol. The molecule has 13 heavy (non-hydrogen) atoms. The normalized spacial score (nSPS) is 27.7. The number of allylic oxidation sites excluding steroid dienone is 1. The van der Waals surface area contributed by atoms with Gasteiger partial charge in [0.05, 0.1) is 0 Å². The summed E-state index contributed by atoms with van der Waals surface area (Å²) >= 11 is 0. The molecule has 1 heterocycles. The minimum atomic E-state index is -2.52. The van der Waals surface area contributed by atoms with Gasteiger partial charge in [-0.15, -0.1) is 0 Å². The Labute approximate surface area is 71.1 Å². The molecule has 0 bridgehead atoms. The van der Waals surface area contributed by atoms with E-state index in [1.165, 1.54) is 0 Å². The van der Waals surface area contributed by atoms with Crippen molar-refractivity contribution in [3.8, 4) is 0 Å². The van der Waals surface area contributed by atoms with Crippen LogP contribution in [0.15, 0.2) is 18.2 Å². The van der Waals surface area contributed by atoms with Crippen LogP contribution in [-0.2, 0) is 0 Å². The second-order valence-corrected chi connectivity index (χ2v) is 2.79. The molecule has 0 amide bonds. The number of aromatic nitrogens is 1. The molecular formula is C8H5F4N. The predicted molar refractivity (Wildman–Crippen MR) is 38.7 cm³/mol. The molecule has 2 atom stereocenters. The highest BCUT2D eigenvalue weighted by Gasteiger charge is 2.37. The lowest BCUT2D eigenvalue weighted by Gasteiger charge is -2.17. The Morgan fingerprint density at radius 1 is 1.08 bits per heavy atom. The Morgan fingerprint density at radius 2 is 1.77 bits per heavy atom. The predicted octanol–water partition coefficient (Wildman–Crippen LogP) is 2.98. The Kier molecular flexibility index (Phi) is 1.68. The Balaban J connectivity index is 2.62. The van der Waals surface area contributed by atoms with Gasteiger partial charge in [0.15, 0.2) is 24.0 Å². The van der Waals surface area contributed by atoms with Crippen molar-refractivity contribution in [2.75, 3.05) is 0 Å². The molecule has 70 valence electrons. The molecule has 1 aliphatic carbocycles. The van der Waals surface area contributed by atoms with E-state index >= 15 is 0 Å². The van der Waals surface area contributed by atoms with E-state index in [0.29, 0.717) is 0 Å². The monoisotopic (exact) mass is 191 g/mol. The maximum atomic E-state index is 13.0. The molecule has 1 nitrogen and oxygen atoms in total. The summed E-state index contributed by atoms with van der Waals surface area (Å²) in [4.78, 5) is 2.39. The minimum absolute atomic E-state index is 0.175. The van der Waals surface area contributed by atoms with Crippen molar-refractivity contribution in [1.82, 2.24) is 4.98 Å². The first-order chi connectivity index (χ1) is 6.13. The Morgan fingerprint density at radius 3 is 2.46 bits per heavy atom. The van der Waals surface area contributed by atoms with Crippen molar-refractivity contribution in [1.29, 1.82) is 0 Å².